The number of rotatable bonds is 5. The van der Waals surface area contributed by atoms with Gasteiger partial charge in [-0.25, -0.2) is 0 Å². The number of aryl methyl sites for hydroxylation is 1. The lowest BCUT2D eigenvalue weighted by molar-refractivity contribution is -0.0992. The Bertz CT molecular complexity index is 594. The Kier molecular flexibility index (Phi) is 5.18. The van der Waals surface area contributed by atoms with E-state index in [4.69, 9.17) is 14.6 Å². The van der Waals surface area contributed by atoms with Gasteiger partial charge < -0.3 is 19.5 Å². The molecule has 1 N–H and O–H groups in total. The number of aromatic nitrogens is 1. The lowest BCUT2D eigenvalue weighted by Crippen LogP contribution is -2.53. The predicted molar refractivity (Wildman–Crippen MR) is 88.8 cm³/mol. The third-order valence-corrected chi connectivity index (χ3v) is 5.48. The zero-order chi connectivity index (χ0) is 17.2. The Labute approximate surface area is 142 Å². The van der Waals surface area contributed by atoms with Crippen LogP contribution in [0.3, 0.4) is 0 Å². The topological polar surface area (TPSA) is 71.9 Å². The monoisotopic (exact) mass is 334 g/mol. The maximum absolute atomic E-state index is 13.1. The second-order valence-corrected chi connectivity index (χ2v) is 6.66. The number of likely N-dealkylation sites (tertiary alicyclic amines) is 1. The molecule has 1 aliphatic carbocycles. The molecule has 1 aromatic heterocycles. The Balaban J connectivity index is 1.81. The standard InChI is InChI=1S/C18H26N2O4/c1-13-15(4-3-8-19-13)17(22)20-9-7-18(23-2)6-5-14(12-16(18)20)24-11-10-21/h3-4,8,14,16,21H,5-7,9-12H2,1-2H3/t14-,16-,18+/m0/s1. The summed E-state index contributed by atoms with van der Waals surface area (Å²) in [5.41, 5.74) is 1.13. The van der Waals surface area contributed by atoms with Crippen molar-refractivity contribution in [1.29, 1.82) is 0 Å². The van der Waals surface area contributed by atoms with Gasteiger partial charge in [-0.3, -0.25) is 9.78 Å². The molecule has 1 amide bonds. The van der Waals surface area contributed by atoms with Crippen molar-refractivity contribution >= 4 is 5.91 Å². The Morgan fingerprint density at radius 1 is 1.50 bits per heavy atom. The van der Waals surface area contributed by atoms with Crippen molar-refractivity contribution in [2.24, 2.45) is 0 Å². The molecule has 1 saturated carbocycles. The number of aliphatic hydroxyl groups is 1. The fraction of sp³-hybridized carbons (Fsp3) is 0.667. The fourth-order valence-electron chi connectivity index (χ4n) is 4.14. The van der Waals surface area contributed by atoms with Crippen LogP contribution in [-0.2, 0) is 9.47 Å². The Morgan fingerprint density at radius 2 is 2.33 bits per heavy atom. The highest BCUT2D eigenvalue weighted by Gasteiger charge is 2.52. The molecule has 0 aromatic carbocycles. The summed E-state index contributed by atoms with van der Waals surface area (Å²) in [6, 6.07) is 3.64. The molecule has 0 bridgehead atoms. The smallest absolute Gasteiger partial charge is 0.256 e. The first-order valence-electron chi connectivity index (χ1n) is 8.61. The first kappa shape index (κ1) is 17.3. The van der Waals surface area contributed by atoms with Crippen LogP contribution >= 0.6 is 0 Å². The van der Waals surface area contributed by atoms with E-state index in [-0.39, 0.29) is 30.3 Å². The van der Waals surface area contributed by atoms with Crippen molar-refractivity contribution in [2.75, 3.05) is 26.9 Å². The van der Waals surface area contributed by atoms with Crippen LogP contribution in [0, 0.1) is 6.92 Å². The van der Waals surface area contributed by atoms with E-state index >= 15 is 0 Å². The number of carbonyl (C=O) groups excluding carboxylic acids is 1. The quantitative estimate of drug-likeness (QED) is 0.884. The van der Waals surface area contributed by atoms with Gasteiger partial charge >= 0.3 is 0 Å². The van der Waals surface area contributed by atoms with E-state index in [0.717, 1.165) is 31.4 Å². The summed E-state index contributed by atoms with van der Waals surface area (Å²) in [7, 11) is 1.74. The van der Waals surface area contributed by atoms with Crippen molar-refractivity contribution in [3.63, 3.8) is 0 Å². The SMILES string of the molecule is CO[C@@]12CC[C@H](OCCO)C[C@@H]1N(C(=O)c1cccnc1C)CC2. The molecule has 3 atom stereocenters. The molecule has 24 heavy (non-hydrogen) atoms. The molecule has 2 aliphatic rings. The first-order chi connectivity index (χ1) is 11.6. The molecular formula is C18H26N2O4. The zero-order valence-electron chi connectivity index (χ0n) is 14.4. The molecule has 1 aromatic rings. The van der Waals surface area contributed by atoms with Crippen molar-refractivity contribution in [3.8, 4) is 0 Å². The van der Waals surface area contributed by atoms with Gasteiger partial charge in [0.05, 0.1) is 36.5 Å². The Hall–Kier alpha value is -1.50. The number of ether oxygens (including phenoxy) is 2. The van der Waals surface area contributed by atoms with E-state index in [2.05, 4.69) is 4.98 Å². The van der Waals surface area contributed by atoms with Crippen LogP contribution in [0.1, 0.15) is 41.7 Å². The summed E-state index contributed by atoms with van der Waals surface area (Å²) in [5, 5.41) is 8.98. The van der Waals surface area contributed by atoms with Gasteiger partial charge in [-0.2, -0.15) is 0 Å². The second-order valence-electron chi connectivity index (χ2n) is 6.66. The third kappa shape index (κ3) is 3.06. The number of hydrogen-bond donors (Lipinski definition) is 1. The maximum Gasteiger partial charge on any atom is 0.256 e. The third-order valence-electron chi connectivity index (χ3n) is 5.48. The number of methoxy groups -OCH3 is 1. The molecule has 0 radical (unpaired) electrons. The van der Waals surface area contributed by atoms with Crippen molar-refractivity contribution in [1.82, 2.24) is 9.88 Å². The van der Waals surface area contributed by atoms with Gasteiger partial charge in [0, 0.05) is 25.5 Å². The van der Waals surface area contributed by atoms with Gasteiger partial charge in [0.15, 0.2) is 0 Å². The fourth-order valence-corrected chi connectivity index (χ4v) is 4.14. The summed E-state index contributed by atoms with van der Waals surface area (Å²) < 4.78 is 11.6. The normalized spacial score (nSPS) is 29.5. The number of amides is 1. The maximum atomic E-state index is 13.1. The average Bonchev–Trinajstić information content (AvgIpc) is 2.99. The van der Waals surface area contributed by atoms with Gasteiger partial charge in [-0.1, -0.05) is 0 Å². The van der Waals surface area contributed by atoms with Gasteiger partial charge in [-0.05, 0) is 44.7 Å². The summed E-state index contributed by atoms with van der Waals surface area (Å²) in [6.45, 7) is 2.92. The van der Waals surface area contributed by atoms with Crippen LogP contribution in [0.25, 0.3) is 0 Å². The number of aliphatic hydroxyl groups excluding tert-OH is 1. The van der Waals surface area contributed by atoms with Crippen LogP contribution in [-0.4, -0.2) is 65.5 Å². The van der Waals surface area contributed by atoms with E-state index in [1.54, 1.807) is 19.4 Å². The van der Waals surface area contributed by atoms with Gasteiger partial charge in [-0.15, -0.1) is 0 Å². The number of nitrogens with zero attached hydrogens (tertiary/aromatic N) is 2. The van der Waals surface area contributed by atoms with Gasteiger partial charge in [0.25, 0.3) is 5.91 Å². The first-order valence-corrected chi connectivity index (χ1v) is 8.61. The highest BCUT2D eigenvalue weighted by Crippen LogP contribution is 2.43. The van der Waals surface area contributed by atoms with Crippen LogP contribution in [0.2, 0.25) is 0 Å². The van der Waals surface area contributed by atoms with Crippen LogP contribution < -0.4 is 0 Å². The van der Waals surface area contributed by atoms with Gasteiger partial charge in [0.2, 0.25) is 0 Å². The molecule has 1 aliphatic heterocycles. The molecule has 3 rings (SSSR count). The molecule has 0 spiro atoms. The summed E-state index contributed by atoms with van der Waals surface area (Å²) in [5.74, 6) is 0.0207. The molecule has 6 nitrogen and oxygen atoms in total. The molecule has 2 fully saturated rings. The Morgan fingerprint density at radius 3 is 3.04 bits per heavy atom. The van der Waals surface area contributed by atoms with Crippen LogP contribution in [0.15, 0.2) is 18.3 Å². The van der Waals surface area contributed by atoms with Crippen molar-refractivity contribution in [2.45, 2.75) is 50.4 Å². The molecule has 6 heteroatoms. The highest BCUT2D eigenvalue weighted by atomic mass is 16.5. The minimum Gasteiger partial charge on any atom is -0.394 e. The van der Waals surface area contributed by atoms with Crippen LogP contribution in [0.5, 0.6) is 0 Å². The van der Waals surface area contributed by atoms with E-state index in [1.165, 1.54) is 0 Å². The average molecular weight is 334 g/mol. The largest absolute Gasteiger partial charge is 0.394 e. The van der Waals surface area contributed by atoms with E-state index in [1.807, 2.05) is 17.9 Å². The number of hydrogen-bond acceptors (Lipinski definition) is 5. The van der Waals surface area contributed by atoms with Crippen LogP contribution in [0.4, 0.5) is 0 Å². The summed E-state index contributed by atoms with van der Waals surface area (Å²) >= 11 is 0. The molecule has 132 valence electrons. The van der Waals surface area contributed by atoms with Crippen molar-refractivity contribution in [3.05, 3.63) is 29.6 Å². The number of carbonyl (C=O) groups is 1. The van der Waals surface area contributed by atoms with E-state index in [9.17, 15) is 4.79 Å². The minimum atomic E-state index is -0.273. The van der Waals surface area contributed by atoms with E-state index in [0.29, 0.717) is 18.7 Å². The predicted octanol–water partition coefficient (Wildman–Crippen LogP) is 1.55. The number of pyridine rings is 1. The molecule has 1 saturated heterocycles. The summed E-state index contributed by atoms with van der Waals surface area (Å²) in [6.07, 6.45) is 5.15. The molecule has 2 heterocycles. The lowest BCUT2D eigenvalue weighted by Gasteiger charge is -2.43. The molecular weight excluding hydrogens is 308 g/mol. The minimum absolute atomic E-state index is 0.00653. The van der Waals surface area contributed by atoms with Gasteiger partial charge in [0.1, 0.15) is 0 Å². The second kappa shape index (κ2) is 7.17. The zero-order valence-corrected chi connectivity index (χ0v) is 14.4. The lowest BCUT2D eigenvalue weighted by atomic mass is 9.79. The molecule has 0 unspecified atom stereocenters. The van der Waals surface area contributed by atoms with Crippen molar-refractivity contribution < 1.29 is 19.4 Å². The summed E-state index contributed by atoms with van der Waals surface area (Å²) in [4.78, 5) is 19.2. The van der Waals surface area contributed by atoms with E-state index < -0.39 is 0 Å². The highest BCUT2D eigenvalue weighted by molar-refractivity contribution is 5.95. The number of fused-ring (bicyclic) bond motifs is 1.